The van der Waals surface area contributed by atoms with Crippen molar-refractivity contribution in [2.24, 2.45) is 0 Å². The summed E-state index contributed by atoms with van der Waals surface area (Å²) in [4.78, 5) is 23.9. The molecule has 3 heterocycles. The lowest BCUT2D eigenvalue weighted by molar-refractivity contribution is -0.116. The Morgan fingerprint density at radius 3 is 2.44 bits per heavy atom. The standard InChI is InChI=1S/C24H30N6O2/c1-16-15-22(28-24(25-16)30-13-5-4-6-14-30)26-19-7-9-20(10-8-19)27-23(31)12-11-21-17(2)29-32-18(21)3/h7-10,15H,4-6,11-14H2,1-3H3,(H,27,31)(H,25,26,28). The van der Waals surface area contributed by atoms with E-state index in [4.69, 9.17) is 9.51 Å². The van der Waals surface area contributed by atoms with E-state index in [1.165, 1.54) is 19.3 Å². The van der Waals surface area contributed by atoms with Crippen molar-refractivity contribution in [2.45, 2.75) is 52.9 Å². The molecule has 8 nitrogen and oxygen atoms in total. The number of benzene rings is 1. The molecule has 0 bridgehead atoms. The summed E-state index contributed by atoms with van der Waals surface area (Å²) >= 11 is 0. The molecule has 0 saturated carbocycles. The van der Waals surface area contributed by atoms with E-state index < -0.39 is 0 Å². The van der Waals surface area contributed by atoms with Crippen molar-refractivity contribution in [3.05, 3.63) is 53.0 Å². The summed E-state index contributed by atoms with van der Waals surface area (Å²) in [6.07, 6.45) is 4.63. The van der Waals surface area contributed by atoms with Gasteiger partial charge in [0.1, 0.15) is 11.6 Å². The Labute approximate surface area is 188 Å². The van der Waals surface area contributed by atoms with Gasteiger partial charge in [-0.2, -0.15) is 4.98 Å². The molecule has 0 aliphatic carbocycles. The van der Waals surface area contributed by atoms with Gasteiger partial charge in [0.2, 0.25) is 11.9 Å². The predicted molar refractivity (Wildman–Crippen MR) is 125 cm³/mol. The molecule has 0 radical (unpaired) electrons. The van der Waals surface area contributed by atoms with Crippen molar-refractivity contribution in [1.29, 1.82) is 0 Å². The molecule has 0 unspecified atom stereocenters. The van der Waals surface area contributed by atoms with E-state index in [9.17, 15) is 4.79 Å². The van der Waals surface area contributed by atoms with Crippen LogP contribution in [0.1, 0.15) is 48.4 Å². The van der Waals surface area contributed by atoms with Crippen molar-refractivity contribution >= 4 is 29.0 Å². The zero-order chi connectivity index (χ0) is 22.5. The van der Waals surface area contributed by atoms with Crippen LogP contribution in [0, 0.1) is 20.8 Å². The first kappa shape index (κ1) is 21.8. The molecule has 168 valence electrons. The number of carbonyl (C=O) groups is 1. The van der Waals surface area contributed by atoms with Crippen LogP contribution in [-0.2, 0) is 11.2 Å². The molecule has 2 aromatic heterocycles. The first-order valence-corrected chi connectivity index (χ1v) is 11.2. The first-order valence-electron chi connectivity index (χ1n) is 11.2. The maximum absolute atomic E-state index is 12.3. The van der Waals surface area contributed by atoms with Crippen molar-refractivity contribution in [3.8, 4) is 0 Å². The third-order valence-electron chi connectivity index (χ3n) is 5.71. The van der Waals surface area contributed by atoms with E-state index >= 15 is 0 Å². The van der Waals surface area contributed by atoms with E-state index in [2.05, 4.69) is 25.7 Å². The minimum absolute atomic E-state index is 0.0386. The van der Waals surface area contributed by atoms with Crippen molar-refractivity contribution in [2.75, 3.05) is 28.6 Å². The van der Waals surface area contributed by atoms with Gasteiger partial charge in [-0.05, 0) is 70.7 Å². The second kappa shape index (κ2) is 9.80. The van der Waals surface area contributed by atoms with Gasteiger partial charge in [-0.25, -0.2) is 4.98 Å². The second-order valence-electron chi connectivity index (χ2n) is 8.30. The third kappa shape index (κ3) is 5.43. The molecule has 1 fully saturated rings. The molecule has 1 aliphatic rings. The third-order valence-corrected chi connectivity index (χ3v) is 5.71. The van der Waals surface area contributed by atoms with Gasteiger partial charge in [0.25, 0.3) is 0 Å². The number of nitrogens with one attached hydrogen (secondary N) is 2. The number of nitrogens with zero attached hydrogens (tertiary/aromatic N) is 4. The zero-order valence-electron chi connectivity index (χ0n) is 18.9. The van der Waals surface area contributed by atoms with Gasteiger partial charge in [0, 0.05) is 48.2 Å². The SMILES string of the molecule is Cc1cc(Nc2ccc(NC(=O)CCc3c(C)noc3C)cc2)nc(N2CCCCC2)n1. The minimum Gasteiger partial charge on any atom is -0.361 e. The molecule has 1 aromatic carbocycles. The highest BCUT2D eigenvalue weighted by Gasteiger charge is 2.15. The van der Waals surface area contributed by atoms with Gasteiger partial charge in [-0.15, -0.1) is 0 Å². The summed E-state index contributed by atoms with van der Waals surface area (Å²) in [6, 6.07) is 9.58. The van der Waals surface area contributed by atoms with Crippen molar-refractivity contribution < 1.29 is 9.32 Å². The molecule has 0 atom stereocenters. The lowest BCUT2D eigenvalue weighted by Gasteiger charge is -2.27. The van der Waals surface area contributed by atoms with E-state index in [-0.39, 0.29) is 5.91 Å². The fourth-order valence-electron chi connectivity index (χ4n) is 3.96. The molecule has 1 saturated heterocycles. The Morgan fingerprint density at radius 1 is 1.03 bits per heavy atom. The molecular formula is C24H30N6O2. The average Bonchev–Trinajstić information content (AvgIpc) is 3.11. The number of carbonyl (C=O) groups excluding carboxylic acids is 1. The summed E-state index contributed by atoms with van der Waals surface area (Å²) in [5.74, 6) is 2.29. The summed E-state index contributed by atoms with van der Waals surface area (Å²) in [6.45, 7) is 7.76. The topological polar surface area (TPSA) is 96.2 Å². The average molecular weight is 435 g/mol. The summed E-state index contributed by atoms with van der Waals surface area (Å²) < 4.78 is 5.16. The highest BCUT2D eigenvalue weighted by molar-refractivity contribution is 5.91. The van der Waals surface area contributed by atoms with Crippen LogP contribution in [0.3, 0.4) is 0 Å². The van der Waals surface area contributed by atoms with E-state index in [0.717, 1.165) is 58.9 Å². The van der Waals surface area contributed by atoms with Gasteiger partial charge in [-0.1, -0.05) is 5.16 Å². The maximum Gasteiger partial charge on any atom is 0.227 e. The fourth-order valence-corrected chi connectivity index (χ4v) is 3.96. The smallest absolute Gasteiger partial charge is 0.227 e. The Bertz CT molecular complexity index is 1050. The number of hydrogen-bond donors (Lipinski definition) is 2. The number of aryl methyl sites for hydroxylation is 3. The summed E-state index contributed by atoms with van der Waals surface area (Å²) in [7, 11) is 0. The maximum atomic E-state index is 12.3. The molecule has 32 heavy (non-hydrogen) atoms. The van der Waals surface area contributed by atoms with Crippen LogP contribution in [-0.4, -0.2) is 34.1 Å². The Morgan fingerprint density at radius 2 is 1.75 bits per heavy atom. The largest absolute Gasteiger partial charge is 0.361 e. The molecule has 1 aliphatic heterocycles. The molecule has 8 heteroatoms. The van der Waals surface area contributed by atoms with Crippen molar-refractivity contribution in [3.63, 3.8) is 0 Å². The monoisotopic (exact) mass is 434 g/mol. The number of hydrogen-bond acceptors (Lipinski definition) is 7. The Hall–Kier alpha value is -3.42. The minimum atomic E-state index is -0.0386. The first-order chi connectivity index (χ1) is 15.5. The van der Waals surface area contributed by atoms with Crippen LogP contribution in [0.15, 0.2) is 34.9 Å². The number of amides is 1. The second-order valence-corrected chi connectivity index (χ2v) is 8.30. The Balaban J connectivity index is 1.34. The van der Waals surface area contributed by atoms with Gasteiger partial charge >= 0.3 is 0 Å². The quantitative estimate of drug-likeness (QED) is 0.557. The van der Waals surface area contributed by atoms with Crippen LogP contribution < -0.4 is 15.5 Å². The van der Waals surface area contributed by atoms with Gasteiger partial charge in [-0.3, -0.25) is 4.79 Å². The highest BCUT2D eigenvalue weighted by Crippen LogP contribution is 2.22. The fraction of sp³-hybridized carbons (Fsp3) is 0.417. The van der Waals surface area contributed by atoms with E-state index in [0.29, 0.717) is 12.8 Å². The number of rotatable bonds is 7. The normalized spacial score (nSPS) is 13.8. The van der Waals surface area contributed by atoms with E-state index in [1.54, 1.807) is 0 Å². The van der Waals surface area contributed by atoms with Crippen LogP contribution >= 0.6 is 0 Å². The van der Waals surface area contributed by atoms with Crippen LogP contribution in [0.2, 0.25) is 0 Å². The number of piperidine rings is 1. The van der Waals surface area contributed by atoms with Crippen molar-refractivity contribution in [1.82, 2.24) is 15.1 Å². The van der Waals surface area contributed by atoms with Gasteiger partial charge < -0.3 is 20.1 Å². The molecule has 1 amide bonds. The lowest BCUT2D eigenvalue weighted by Crippen LogP contribution is -2.31. The van der Waals surface area contributed by atoms with Crippen LogP contribution in [0.4, 0.5) is 23.1 Å². The molecule has 4 rings (SSSR count). The summed E-state index contributed by atoms with van der Waals surface area (Å²) in [5.41, 5.74) is 4.44. The lowest BCUT2D eigenvalue weighted by atomic mass is 10.1. The zero-order valence-corrected chi connectivity index (χ0v) is 18.9. The predicted octanol–water partition coefficient (Wildman–Crippen LogP) is 4.70. The Kier molecular flexibility index (Phi) is 6.68. The highest BCUT2D eigenvalue weighted by atomic mass is 16.5. The molecule has 2 N–H and O–H groups in total. The number of anilines is 4. The van der Waals surface area contributed by atoms with E-state index in [1.807, 2.05) is 51.1 Å². The van der Waals surface area contributed by atoms with Crippen LogP contribution in [0.5, 0.6) is 0 Å². The van der Waals surface area contributed by atoms with Gasteiger partial charge in [0.05, 0.1) is 5.69 Å². The molecular weight excluding hydrogens is 404 g/mol. The van der Waals surface area contributed by atoms with Gasteiger partial charge in [0.15, 0.2) is 0 Å². The molecule has 0 spiro atoms. The van der Waals surface area contributed by atoms with Crippen LogP contribution in [0.25, 0.3) is 0 Å². The number of aromatic nitrogens is 3. The molecule has 3 aromatic rings. The summed E-state index contributed by atoms with van der Waals surface area (Å²) in [5, 5.41) is 10.2.